The van der Waals surface area contributed by atoms with Crippen LogP contribution in [0.1, 0.15) is 28.5 Å². The number of hydrogen-bond acceptors (Lipinski definition) is 4. The molecule has 0 saturated carbocycles. The number of aromatic amines is 1. The number of nitrogens with zero attached hydrogens (tertiary/aromatic N) is 3. The molecule has 2 heterocycles. The summed E-state index contributed by atoms with van der Waals surface area (Å²) in [4.78, 5) is 18.5. The monoisotopic (exact) mass is 286 g/mol. The molecule has 1 unspecified atom stereocenters. The molecular weight excluding hydrogens is 272 g/mol. The molecule has 0 radical (unpaired) electrons. The number of hydrogen-bond donors (Lipinski definition) is 1. The number of thiazole rings is 1. The Morgan fingerprint density at radius 3 is 2.85 bits per heavy atom. The molecule has 0 aliphatic rings. The van der Waals surface area contributed by atoms with Crippen LogP contribution in [0.25, 0.3) is 10.2 Å². The van der Waals surface area contributed by atoms with Crippen molar-refractivity contribution in [3.8, 4) is 0 Å². The van der Waals surface area contributed by atoms with E-state index in [0.717, 1.165) is 15.2 Å². The average Bonchev–Trinajstić information content (AvgIpc) is 3.13. The third kappa shape index (κ3) is 2.18. The molecule has 0 aliphatic carbocycles. The minimum absolute atomic E-state index is 0.0804. The van der Waals surface area contributed by atoms with Crippen LogP contribution in [0.3, 0.4) is 0 Å². The van der Waals surface area contributed by atoms with Gasteiger partial charge in [-0.2, -0.15) is 5.10 Å². The molecule has 1 N–H and O–H groups in total. The van der Waals surface area contributed by atoms with Crippen LogP contribution in [0.4, 0.5) is 0 Å². The van der Waals surface area contributed by atoms with Gasteiger partial charge in [0.2, 0.25) is 0 Å². The van der Waals surface area contributed by atoms with Gasteiger partial charge in [-0.15, -0.1) is 11.3 Å². The molecule has 2 aromatic heterocycles. The maximum Gasteiger partial charge on any atom is 0.272 e. The second-order valence-electron chi connectivity index (χ2n) is 4.58. The Labute approximate surface area is 120 Å². The Balaban J connectivity index is 1.87. The first-order valence-electron chi connectivity index (χ1n) is 6.29. The van der Waals surface area contributed by atoms with Crippen LogP contribution < -0.4 is 0 Å². The number of nitrogens with one attached hydrogen (secondary N) is 1. The lowest BCUT2D eigenvalue weighted by Gasteiger charge is -2.22. The molecular formula is C14H14N4OS. The Morgan fingerprint density at radius 1 is 1.35 bits per heavy atom. The topological polar surface area (TPSA) is 61.9 Å². The maximum absolute atomic E-state index is 12.3. The molecule has 3 rings (SSSR count). The lowest BCUT2D eigenvalue weighted by atomic mass is 10.2. The molecule has 0 fully saturated rings. The summed E-state index contributed by atoms with van der Waals surface area (Å²) < 4.78 is 1.14. The molecule has 0 spiro atoms. The summed E-state index contributed by atoms with van der Waals surface area (Å²) in [7, 11) is 1.78. The summed E-state index contributed by atoms with van der Waals surface area (Å²) in [6.07, 6.45) is 1.57. The third-order valence-electron chi connectivity index (χ3n) is 3.30. The lowest BCUT2D eigenvalue weighted by molar-refractivity contribution is 0.0736. The van der Waals surface area contributed by atoms with Gasteiger partial charge < -0.3 is 4.90 Å². The molecule has 20 heavy (non-hydrogen) atoms. The highest BCUT2D eigenvalue weighted by Gasteiger charge is 2.22. The highest BCUT2D eigenvalue weighted by atomic mass is 32.1. The molecule has 0 saturated heterocycles. The van der Waals surface area contributed by atoms with E-state index in [1.165, 1.54) is 0 Å². The van der Waals surface area contributed by atoms with Crippen molar-refractivity contribution in [2.45, 2.75) is 13.0 Å². The van der Waals surface area contributed by atoms with Crippen molar-refractivity contribution >= 4 is 27.5 Å². The summed E-state index contributed by atoms with van der Waals surface area (Å²) in [6, 6.07) is 9.58. The highest BCUT2D eigenvalue weighted by Crippen LogP contribution is 2.29. The number of amides is 1. The SMILES string of the molecule is CC(c1nc2ccccc2s1)N(C)C(=O)c1ccn[nH]1. The predicted molar refractivity (Wildman–Crippen MR) is 78.7 cm³/mol. The fraction of sp³-hybridized carbons (Fsp3) is 0.214. The zero-order valence-corrected chi connectivity index (χ0v) is 12.0. The number of carbonyl (C=O) groups excluding carboxylic acids is 1. The second kappa shape index (κ2) is 5.05. The van der Waals surface area contributed by atoms with Gasteiger partial charge >= 0.3 is 0 Å². The van der Waals surface area contributed by atoms with E-state index in [1.54, 1.807) is 35.5 Å². The first-order valence-corrected chi connectivity index (χ1v) is 7.10. The van der Waals surface area contributed by atoms with Crippen molar-refractivity contribution in [3.05, 3.63) is 47.2 Å². The van der Waals surface area contributed by atoms with Gasteiger partial charge in [-0.1, -0.05) is 12.1 Å². The van der Waals surface area contributed by atoms with Crippen molar-refractivity contribution in [3.63, 3.8) is 0 Å². The van der Waals surface area contributed by atoms with Crippen molar-refractivity contribution in [2.75, 3.05) is 7.05 Å². The lowest BCUT2D eigenvalue weighted by Crippen LogP contribution is -2.29. The van der Waals surface area contributed by atoms with Crippen molar-refractivity contribution in [1.29, 1.82) is 0 Å². The Bertz CT molecular complexity index is 702. The molecule has 6 heteroatoms. The van der Waals surface area contributed by atoms with E-state index < -0.39 is 0 Å². The predicted octanol–water partition coefficient (Wildman–Crippen LogP) is 2.85. The zero-order chi connectivity index (χ0) is 14.1. The van der Waals surface area contributed by atoms with Gasteiger partial charge in [0.05, 0.1) is 16.3 Å². The molecule has 3 aromatic rings. The third-order valence-corrected chi connectivity index (χ3v) is 4.51. The smallest absolute Gasteiger partial charge is 0.272 e. The largest absolute Gasteiger partial charge is 0.331 e. The van der Waals surface area contributed by atoms with Gasteiger partial charge in [0.1, 0.15) is 10.7 Å². The normalized spacial score (nSPS) is 12.5. The Hall–Kier alpha value is -2.21. The molecule has 1 aromatic carbocycles. The van der Waals surface area contributed by atoms with E-state index in [2.05, 4.69) is 15.2 Å². The molecule has 5 nitrogen and oxygen atoms in total. The number of carbonyl (C=O) groups is 1. The van der Waals surface area contributed by atoms with Gasteiger partial charge in [0.15, 0.2) is 0 Å². The van der Waals surface area contributed by atoms with Crippen LogP contribution in [0, 0.1) is 0 Å². The number of benzene rings is 1. The van der Waals surface area contributed by atoms with Gasteiger partial charge in [-0.05, 0) is 25.1 Å². The number of aromatic nitrogens is 3. The number of rotatable bonds is 3. The zero-order valence-electron chi connectivity index (χ0n) is 11.2. The second-order valence-corrected chi connectivity index (χ2v) is 5.64. The van der Waals surface area contributed by atoms with Gasteiger partial charge in [-0.25, -0.2) is 4.98 Å². The van der Waals surface area contributed by atoms with E-state index >= 15 is 0 Å². The fourth-order valence-electron chi connectivity index (χ4n) is 1.98. The molecule has 1 atom stereocenters. The van der Waals surface area contributed by atoms with Crippen LogP contribution in [0.15, 0.2) is 36.5 Å². The summed E-state index contributed by atoms with van der Waals surface area (Å²) >= 11 is 1.62. The summed E-state index contributed by atoms with van der Waals surface area (Å²) in [5, 5.41) is 7.43. The summed E-state index contributed by atoms with van der Waals surface area (Å²) in [6.45, 7) is 1.98. The fourth-order valence-corrected chi connectivity index (χ4v) is 3.04. The molecule has 102 valence electrons. The number of fused-ring (bicyclic) bond motifs is 1. The quantitative estimate of drug-likeness (QED) is 0.805. The number of H-pyrrole nitrogens is 1. The molecule has 1 amide bonds. The van der Waals surface area contributed by atoms with Crippen molar-refractivity contribution < 1.29 is 4.79 Å². The van der Waals surface area contributed by atoms with E-state index in [9.17, 15) is 4.79 Å². The first-order chi connectivity index (χ1) is 9.66. The number of para-hydroxylation sites is 1. The minimum atomic E-state index is -0.0887. The van der Waals surface area contributed by atoms with Gasteiger partial charge in [-0.3, -0.25) is 9.89 Å². The standard InChI is InChI=1S/C14H14N4OS/c1-9(18(2)14(19)11-7-8-15-17-11)13-16-10-5-3-4-6-12(10)20-13/h3-9H,1-2H3,(H,15,17). The van der Waals surface area contributed by atoms with E-state index in [1.807, 2.05) is 31.2 Å². The minimum Gasteiger partial charge on any atom is -0.331 e. The van der Waals surface area contributed by atoms with E-state index in [-0.39, 0.29) is 11.9 Å². The Morgan fingerprint density at radius 2 is 2.15 bits per heavy atom. The van der Waals surface area contributed by atoms with Crippen LogP contribution in [-0.2, 0) is 0 Å². The van der Waals surface area contributed by atoms with Gasteiger partial charge in [0.25, 0.3) is 5.91 Å². The van der Waals surface area contributed by atoms with Crippen LogP contribution >= 0.6 is 11.3 Å². The van der Waals surface area contributed by atoms with Crippen LogP contribution in [0.2, 0.25) is 0 Å². The van der Waals surface area contributed by atoms with Crippen LogP contribution in [-0.4, -0.2) is 33.0 Å². The van der Waals surface area contributed by atoms with Crippen molar-refractivity contribution in [2.24, 2.45) is 0 Å². The summed E-state index contributed by atoms with van der Waals surface area (Å²) in [5.41, 5.74) is 1.46. The molecule has 0 aliphatic heterocycles. The van der Waals surface area contributed by atoms with Crippen molar-refractivity contribution in [1.82, 2.24) is 20.1 Å². The Kier molecular flexibility index (Phi) is 3.23. The van der Waals surface area contributed by atoms with Crippen LogP contribution in [0.5, 0.6) is 0 Å². The van der Waals surface area contributed by atoms with Gasteiger partial charge in [0, 0.05) is 13.2 Å². The average molecular weight is 286 g/mol. The summed E-state index contributed by atoms with van der Waals surface area (Å²) in [5.74, 6) is -0.0887. The van der Waals surface area contributed by atoms with E-state index in [0.29, 0.717) is 5.69 Å². The first kappa shape index (κ1) is 12.8. The maximum atomic E-state index is 12.3. The highest BCUT2D eigenvalue weighted by molar-refractivity contribution is 7.18. The molecule has 0 bridgehead atoms. The van der Waals surface area contributed by atoms with E-state index in [4.69, 9.17) is 0 Å².